The Balaban J connectivity index is 2.81. The molecule has 0 bridgehead atoms. The van der Waals surface area contributed by atoms with Gasteiger partial charge in [0.15, 0.2) is 0 Å². The normalized spacial score (nSPS) is 28.6. The molecule has 122 valence electrons. The number of carbonyl (C=O) groups excluding carboxylic acids is 2. The predicted octanol–water partition coefficient (Wildman–Crippen LogP) is 3.72. The monoisotopic (exact) mass is 298 g/mol. The smallest absolute Gasteiger partial charge is 0.348 e. The lowest BCUT2D eigenvalue weighted by Gasteiger charge is -2.33. The number of rotatable bonds is 6. The molecule has 1 saturated heterocycles. The average molecular weight is 298 g/mol. The molecule has 1 fully saturated rings. The Morgan fingerprint density at radius 1 is 1.43 bits per heavy atom. The first-order chi connectivity index (χ1) is 9.54. The minimum Gasteiger partial charge on any atom is -0.456 e. The van der Waals surface area contributed by atoms with E-state index in [1.54, 1.807) is 0 Å². The minimum absolute atomic E-state index is 0.155. The summed E-state index contributed by atoms with van der Waals surface area (Å²) in [6.45, 7) is 14.0. The molecule has 0 spiro atoms. The predicted molar refractivity (Wildman–Crippen MR) is 81.7 cm³/mol. The van der Waals surface area contributed by atoms with Gasteiger partial charge in [0.25, 0.3) is 0 Å². The molecule has 1 aliphatic rings. The molecule has 21 heavy (non-hydrogen) atoms. The third kappa shape index (κ3) is 3.98. The van der Waals surface area contributed by atoms with E-state index >= 15 is 0 Å². The van der Waals surface area contributed by atoms with Crippen molar-refractivity contribution in [1.82, 2.24) is 0 Å². The molecule has 1 heterocycles. The third-order valence-corrected chi connectivity index (χ3v) is 4.80. The van der Waals surface area contributed by atoms with E-state index in [4.69, 9.17) is 9.47 Å². The molecule has 4 heteroatoms. The van der Waals surface area contributed by atoms with Crippen LogP contribution >= 0.6 is 0 Å². The van der Waals surface area contributed by atoms with E-state index in [0.29, 0.717) is 12.3 Å². The molecule has 0 aliphatic carbocycles. The summed E-state index contributed by atoms with van der Waals surface area (Å²) in [5.74, 6) is -0.152. The van der Waals surface area contributed by atoms with Crippen LogP contribution in [0.5, 0.6) is 0 Å². The summed E-state index contributed by atoms with van der Waals surface area (Å²) in [4.78, 5) is 24.5. The van der Waals surface area contributed by atoms with E-state index in [0.717, 1.165) is 12.8 Å². The van der Waals surface area contributed by atoms with Crippen LogP contribution in [0.3, 0.4) is 0 Å². The van der Waals surface area contributed by atoms with Gasteiger partial charge < -0.3 is 9.47 Å². The molecule has 0 aromatic carbocycles. The molecule has 0 saturated carbocycles. The average Bonchev–Trinajstić information content (AvgIpc) is 2.64. The van der Waals surface area contributed by atoms with Gasteiger partial charge in [-0.15, -0.1) is 0 Å². The molecule has 3 unspecified atom stereocenters. The second kappa shape index (κ2) is 6.37. The first-order valence-electron chi connectivity index (χ1n) is 7.98. The Morgan fingerprint density at radius 3 is 2.38 bits per heavy atom. The molecule has 0 aromatic rings. The summed E-state index contributed by atoms with van der Waals surface area (Å²) in [5.41, 5.74) is -1.08. The van der Waals surface area contributed by atoms with Gasteiger partial charge in [0.1, 0.15) is 5.60 Å². The van der Waals surface area contributed by atoms with Crippen molar-refractivity contribution in [2.24, 2.45) is 17.3 Å². The van der Waals surface area contributed by atoms with Crippen LogP contribution in [0.25, 0.3) is 0 Å². The summed E-state index contributed by atoms with van der Waals surface area (Å²) < 4.78 is 10.9. The van der Waals surface area contributed by atoms with Gasteiger partial charge in [0.05, 0.1) is 5.41 Å². The quantitative estimate of drug-likeness (QED) is 0.701. The summed E-state index contributed by atoms with van der Waals surface area (Å²) in [7, 11) is 0. The standard InChI is InChI=1S/C17H30O4/c1-8-16(6)10-13(14(18)21-16)20-15(19)17(7,12(4)5)9-11(2)3/h11-13H,8-10H2,1-7H3. The molecule has 0 N–H and O–H groups in total. The fourth-order valence-corrected chi connectivity index (χ4v) is 2.80. The Kier molecular flexibility index (Phi) is 5.46. The number of hydrogen-bond acceptors (Lipinski definition) is 4. The van der Waals surface area contributed by atoms with E-state index < -0.39 is 23.1 Å². The van der Waals surface area contributed by atoms with Crippen LogP contribution < -0.4 is 0 Å². The zero-order chi connectivity index (χ0) is 16.4. The summed E-state index contributed by atoms with van der Waals surface area (Å²) in [6.07, 6.45) is 1.16. The zero-order valence-corrected chi connectivity index (χ0v) is 14.5. The molecule has 0 aromatic heterocycles. The van der Waals surface area contributed by atoms with E-state index in [1.165, 1.54) is 0 Å². The molecule has 4 nitrogen and oxygen atoms in total. The first kappa shape index (κ1) is 18.0. The lowest BCUT2D eigenvalue weighted by atomic mass is 9.73. The molecule has 1 aliphatic heterocycles. The molecule has 0 amide bonds. The largest absolute Gasteiger partial charge is 0.456 e. The Labute approximate surface area is 128 Å². The number of esters is 2. The molecule has 1 rings (SSSR count). The number of ether oxygens (including phenoxy) is 2. The van der Waals surface area contributed by atoms with E-state index in [2.05, 4.69) is 13.8 Å². The van der Waals surface area contributed by atoms with Gasteiger partial charge in [0, 0.05) is 6.42 Å². The van der Waals surface area contributed by atoms with E-state index in [9.17, 15) is 9.59 Å². The molecular weight excluding hydrogens is 268 g/mol. The fraction of sp³-hybridized carbons (Fsp3) is 0.882. The highest BCUT2D eigenvalue weighted by Crippen LogP contribution is 2.38. The van der Waals surface area contributed by atoms with Crippen LogP contribution in [-0.2, 0) is 19.1 Å². The Morgan fingerprint density at radius 2 is 2.00 bits per heavy atom. The van der Waals surface area contributed by atoms with E-state index in [1.807, 2.05) is 34.6 Å². The van der Waals surface area contributed by atoms with Gasteiger partial charge >= 0.3 is 11.9 Å². The topological polar surface area (TPSA) is 52.6 Å². The van der Waals surface area contributed by atoms with Crippen molar-refractivity contribution in [2.45, 2.75) is 79.4 Å². The van der Waals surface area contributed by atoms with Gasteiger partial charge in [-0.05, 0) is 38.5 Å². The van der Waals surface area contributed by atoms with Gasteiger partial charge in [-0.3, -0.25) is 4.79 Å². The van der Waals surface area contributed by atoms with Gasteiger partial charge in [-0.1, -0.05) is 34.6 Å². The maximum Gasteiger partial charge on any atom is 0.348 e. The maximum atomic E-state index is 12.6. The van der Waals surface area contributed by atoms with Crippen LogP contribution in [-0.4, -0.2) is 23.6 Å². The van der Waals surface area contributed by atoms with Crippen LogP contribution in [0, 0.1) is 17.3 Å². The number of carbonyl (C=O) groups is 2. The highest BCUT2D eigenvalue weighted by atomic mass is 16.6. The lowest BCUT2D eigenvalue weighted by molar-refractivity contribution is -0.171. The van der Waals surface area contributed by atoms with Crippen molar-refractivity contribution < 1.29 is 19.1 Å². The van der Waals surface area contributed by atoms with Crippen LogP contribution in [0.15, 0.2) is 0 Å². The SMILES string of the molecule is CCC1(C)CC(OC(=O)C(C)(CC(C)C)C(C)C)C(=O)O1. The molecular formula is C17H30O4. The van der Waals surface area contributed by atoms with Crippen molar-refractivity contribution in [2.75, 3.05) is 0 Å². The highest BCUT2D eigenvalue weighted by molar-refractivity contribution is 5.83. The van der Waals surface area contributed by atoms with Crippen molar-refractivity contribution in [3.63, 3.8) is 0 Å². The van der Waals surface area contributed by atoms with Crippen molar-refractivity contribution >= 4 is 11.9 Å². The lowest BCUT2D eigenvalue weighted by Crippen LogP contribution is -2.39. The second-order valence-electron chi connectivity index (χ2n) is 7.49. The van der Waals surface area contributed by atoms with Crippen LogP contribution in [0.4, 0.5) is 0 Å². The van der Waals surface area contributed by atoms with Gasteiger partial charge in [-0.25, -0.2) is 4.79 Å². The third-order valence-electron chi connectivity index (χ3n) is 4.80. The highest BCUT2D eigenvalue weighted by Gasteiger charge is 2.47. The number of hydrogen-bond donors (Lipinski definition) is 0. The summed E-state index contributed by atoms with van der Waals surface area (Å²) in [6, 6.07) is 0. The van der Waals surface area contributed by atoms with Crippen LogP contribution in [0.2, 0.25) is 0 Å². The Hall–Kier alpha value is -1.06. The second-order valence-corrected chi connectivity index (χ2v) is 7.49. The summed E-state index contributed by atoms with van der Waals surface area (Å²) >= 11 is 0. The molecule has 0 radical (unpaired) electrons. The zero-order valence-electron chi connectivity index (χ0n) is 14.5. The van der Waals surface area contributed by atoms with Crippen molar-refractivity contribution in [1.29, 1.82) is 0 Å². The van der Waals surface area contributed by atoms with Crippen molar-refractivity contribution in [3.05, 3.63) is 0 Å². The first-order valence-corrected chi connectivity index (χ1v) is 7.98. The summed E-state index contributed by atoms with van der Waals surface area (Å²) in [5, 5.41) is 0. The van der Waals surface area contributed by atoms with Crippen LogP contribution in [0.1, 0.15) is 67.7 Å². The van der Waals surface area contributed by atoms with Gasteiger partial charge in [-0.2, -0.15) is 0 Å². The fourth-order valence-electron chi connectivity index (χ4n) is 2.80. The number of cyclic esters (lactones) is 1. The Bertz CT molecular complexity index is 402. The van der Waals surface area contributed by atoms with E-state index in [-0.39, 0.29) is 11.9 Å². The molecule has 3 atom stereocenters. The maximum absolute atomic E-state index is 12.6. The van der Waals surface area contributed by atoms with Gasteiger partial charge in [0.2, 0.25) is 6.10 Å². The minimum atomic E-state index is -0.757. The van der Waals surface area contributed by atoms with Crippen molar-refractivity contribution in [3.8, 4) is 0 Å².